The fourth-order valence-corrected chi connectivity index (χ4v) is 5.00. The van der Waals surface area contributed by atoms with E-state index < -0.39 is 17.3 Å². The van der Waals surface area contributed by atoms with Crippen molar-refractivity contribution in [3.05, 3.63) is 59.2 Å². The van der Waals surface area contributed by atoms with Gasteiger partial charge in [-0.05, 0) is 60.2 Å². The second-order valence-corrected chi connectivity index (χ2v) is 9.00. The number of carbonyl (C=O) groups excluding carboxylic acids is 1. The number of halogens is 3. The average molecular weight is 458 g/mol. The number of amides is 1. The summed E-state index contributed by atoms with van der Waals surface area (Å²) in [7, 11) is 0. The number of rotatable bonds is 4. The van der Waals surface area contributed by atoms with Gasteiger partial charge in [0.25, 0.3) is 0 Å². The van der Waals surface area contributed by atoms with Crippen molar-refractivity contribution >= 4 is 23.2 Å². The van der Waals surface area contributed by atoms with Crippen molar-refractivity contribution < 1.29 is 22.7 Å². The Morgan fingerprint density at radius 3 is 2.52 bits per heavy atom. The summed E-state index contributed by atoms with van der Waals surface area (Å²) in [5.74, 6) is 0.411. The second-order valence-electron chi connectivity index (χ2n) is 9.00. The van der Waals surface area contributed by atoms with Crippen molar-refractivity contribution in [1.29, 1.82) is 5.41 Å². The Bertz CT molecular complexity index is 1060. The molecular weight excluding hydrogens is 433 g/mol. The Kier molecular flexibility index (Phi) is 5.31. The van der Waals surface area contributed by atoms with Gasteiger partial charge in [-0.1, -0.05) is 12.1 Å². The Morgan fingerprint density at radius 1 is 1.12 bits per heavy atom. The molecule has 9 heteroatoms. The van der Waals surface area contributed by atoms with Crippen LogP contribution in [0.3, 0.4) is 0 Å². The molecule has 2 aliphatic heterocycles. The number of nitrogens with zero attached hydrogens (tertiary/aromatic N) is 1. The van der Waals surface area contributed by atoms with E-state index in [1.54, 1.807) is 4.90 Å². The van der Waals surface area contributed by atoms with Gasteiger partial charge in [0.15, 0.2) is 5.96 Å². The van der Waals surface area contributed by atoms with E-state index in [4.69, 9.17) is 10.1 Å². The Labute approximate surface area is 189 Å². The lowest BCUT2D eigenvalue weighted by molar-refractivity contribution is -0.137. The van der Waals surface area contributed by atoms with Crippen molar-refractivity contribution in [3.8, 4) is 0 Å². The average Bonchev–Trinajstić information content (AvgIpc) is 2.77. The molecule has 2 fully saturated rings. The molecule has 1 amide bonds. The van der Waals surface area contributed by atoms with Gasteiger partial charge < -0.3 is 15.4 Å². The van der Waals surface area contributed by atoms with E-state index in [9.17, 15) is 18.0 Å². The number of nitrogens with one attached hydrogen (secondary N) is 3. The van der Waals surface area contributed by atoms with E-state index in [1.807, 2.05) is 18.2 Å². The number of anilines is 2. The van der Waals surface area contributed by atoms with Gasteiger partial charge >= 0.3 is 6.18 Å². The van der Waals surface area contributed by atoms with Crippen molar-refractivity contribution in [2.45, 2.75) is 37.4 Å². The molecular formula is C24H25F3N4O2. The number of benzene rings is 2. The van der Waals surface area contributed by atoms with E-state index in [2.05, 4.69) is 10.6 Å². The number of ether oxygens (including phenoxy) is 1. The molecule has 6 nitrogen and oxygen atoms in total. The quantitative estimate of drug-likeness (QED) is 0.636. The first kappa shape index (κ1) is 21.8. The third kappa shape index (κ3) is 4.06. The van der Waals surface area contributed by atoms with Crippen LogP contribution in [0.4, 0.5) is 24.5 Å². The van der Waals surface area contributed by atoms with Crippen LogP contribution in [0.15, 0.2) is 42.5 Å². The summed E-state index contributed by atoms with van der Waals surface area (Å²) in [6, 6.07) is 10.6. The Balaban J connectivity index is 1.30. The molecule has 2 heterocycles. The van der Waals surface area contributed by atoms with Crippen molar-refractivity contribution in [1.82, 2.24) is 10.2 Å². The first-order chi connectivity index (χ1) is 15.7. The normalized spacial score (nSPS) is 23.2. The van der Waals surface area contributed by atoms with Crippen LogP contribution >= 0.6 is 0 Å². The maximum absolute atomic E-state index is 13.0. The molecule has 0 radical (unpaired) electrons. The second kappa shape index (κ2) is 8.06. The third-order valence-electron chi connectivity index (χ3n) is 6.82. The van der Waals surface area contributed by atoms with Crippen molar-refractivity contribution in [3.63, 3.8) is 0 Å². The SMILES string of the molecule is N=C1N[C@]2(CC(=O)N1CC1CCOCC1)Cc1c(Nc3ccc(C(F)(F)F)cc3)cccc12. The molecule has 0 unspecified atom stereocenters. The molecule has 1 atom stereocenters. The lowest BCUT2D eigenvalue weighted by Crippen LogP contribution is -2.65. The fourth-order valence-electron chi connectivity index (χ4n) is 5.00. The number of guanidine groups is 1. The molecule has 2 aromatic rings. The molecule has 5 rings (SSSR count). The first-order valence-electron chi connectivity index (χ1n) is 11.1. The largest absolute Gasteiger partial charge is 0.416 e. The fraction of sp³-hybridized carbons (Fsp3) is 0.417. The van der Waals surface area contributed by atoms with Gasteiger partial charge in [0, 0.05) is 37.6 Å². The topological polar surface area (TPSA) is 77.5 Å². The molecule has 0 aromatic heterocycles. The summed E-state index contributed by atoms with van der Waals surface area (Å²) in [5.41, 5.74) is 2.00. The highest BCUT2D eigenvalue weighted by atomic mass is 19.4. The van der Waals surface area contributed by atoms with E-state index >= 15 is 0 Å². The van der Waals surface area contributed by atoms with Gasteiger partial charge in [0.2, 0.25) is 5.91 Å². The maximum atomic E-state index is 13.0. The van der Waals surface area contributed by atoms with E-state index in [0.717, 1.165) is 41.8 Å². The van der Waals surface area contributed by atoms with Gasteiger partial charge in [-0.3, -0.25) is 15.1 Å². The Morgan fingerprint density at radius 2 is 1.85 bits per heavy atom. The first-order valence-corrected chi connectivity index (χ1v) is 11.1. The molecule has 174 valence electrons. The zero-order chi connectivity index (χ0) is 23.2. The smallest absolute Gasteiger partial charge is 0.381 e. The van der Waals surface area contributed by atoms with Crippen molar-refractivity contribution in [2.24, 2.45) is 5.92 Å². The highest BCUT2D eigenvalue weighted by Crippen LogP contribution is 2.47. The summed E-state index contributed by atoms with van der Waals surface area (Å²) in [5, 5.41) is 15.0. The lowest BCUT2D eigenvalue weighted by Gasteiger charge is -2.50. The molecule has 3 N–H and O–H groups in total. The van der Waals surface area contributed by atoms with E-state index in [-0.39, 0.29) is 18.3 Å². The summed E-state index contributed by atoms with van der Waals surface area (Å²) in [4.78, 5) is 14.5. The van der Waals surface area contributed by atoms with Crippen LogP contribution in [-0.4, -0.2) is 36.5 Å². The molecule has 0 saturated carbocycles. The van der Waals surface area contributed by atoms with Crippen LogP contribution in [0.2, 0.25) is 0 Å². The lowest BCUT2D eigenvalue weighted by atomic mass is 9.67. The molecule has 0 bridgehead atoms. The van der Waals surface area contributed by atoms with Gasteiger partial charge in [0.1, 0.15) is 0 Å². The Hall–Kier alpha value is -3.07. The van der Waals surface area contributed by atoms with Crippen LogP contribution in [0.1, 0.15) is 36.0 Å². The minimum absolute atomic E-state index is 0.0583. The molecule has 2 saturated heterocycles. The number of hydrogen-bond acceptors (Lipinski definition) is 4. The minimum atomic E-state index is -4.37. The third-order valence-corrected chi connectivity index (χ3v) is 6.82. The van der Waals surface area contributed by atoms with Crippen molar-refractivity contribution in [2.75, 3.05) is 25.1 Å². The highest BCUT2D eigenvalue weighted by Gasteiger charge is 2.50. The van der Waals surface area contributed by atoms with Crippen LogP contribution in [0.5, 0.6) is 0 Å². The zero-order valence-electron chi connectivity index (χ0n) is 18.0. The predicted octanol–water partition coefficient (Wildman–Crippen LogP) is 4.38. The zero-order valence-corrected chi connectivity index (χ0v) is 18.0. The van der Waals surface area contributed by atoms with E-state index in [0.29, 0.717) is 37.8 Å². The molecule has 2 aromatic carbocycles. The summed E-state index contributed by atoms with van der Waals surface area (Å²) in [6.45, 7) is 1.92. The van der Waals surface area contributed by atoms with Gasteiger partial charge in [0.05, 0.1) is 17.5 Å². The maximum Gasteiger partial charge on any atom is 0.416 e. The molecule has 3 aliphatic rings. The molecule has 1 aliphatic carbocycles. The van der Waals surface area contributed by atoms with Crippen LogP contribution in [0, 0.1) is 11.3 Å². The van der Waals surface area contributed by atoms with Gasteiger partial charge in [-0.25, -0.2) is 0 Å². The van der Waals surface area contributed by atoms with Gasteiger partial charge in [-0.2, -0.15) is 13.2 Å². The molecule has 33 heavy (non-hydrogen) atoms. The number of fused-ring (bicyclic) bond motifs is 2. The van der Waals surface area contributed by atoms with Crippen LogP contribution < -0.4 is 10.6 Å². The standard InChI is InChI=1S/C24H25F3N4O2/c25-24(26,27)16-4-6-17(7-5-16)29-20-3-1-2-19-18(20)12-23(19)13-21(32)31(22(28)30-23)14-15-8-10-33-11-9-15/h1-7,15,29H,8-14H2,(H2,28,30)/t23-/m0/s1. The summed E-state index contributed by atoms with van der Waals surface area (Å²) < 4.78 is 43.8. The monoisotopic (exact) mass is 458 g/mol. The van der Waals surface area contributed by atoms with Crippen LogP contribution in [0.25, 0.3) is 0 Å². The predicted molar refractivity (Wildman–Crippen MR) is 117 cm³/mol. The van der Waals surface area contributed by atoms with Gasteiger partial charge in [-0.15, -0.1) is 0 Å². The minimum Gasteiger partial charge on any atom is -0.381 e. The molecule has 1 spiro atoms. The summed E-state index contributed by atoms with van der Waals surface area (Å²) in [6.07, 6.45) is -1.75. The summed E-state index contributed by atoms with van der Waals surface area (Å²) >= 11 is 0. The number of hydrogen-bond donors (Lipinski definition) is 3. The van der Waals surface area contributed by atoms with E-state index in [1.165, 1.54) is 12.1 Å². The number of alkyl halides is 3. The van der Waals surface area contributed by atoms with Crippen LogP contribution in [-0.2, 0) is 27.7 Å². The highest BCUT2D eigenvalue weighted by molar-refractivity contribution is 6.00. The number of carbonyl (C=O) groups is 1.